The first-order chi connectivity index (χ1) is 10.1. The lowest BCUT2D eigenvalue weighted by molar-refractivity contribution is 0.0526. The van der Waals surface area contributed by atoms with Gasteiger partial charge in [0.1, 0.15) is 11.5 Å². The van der Waals surface area contributed by atoms with Gasteiger partial charge in [-0.15, -0.1) is 0 Å². The van der Waals surface area contributed by atoms with E-state index >= 15 is 0 Å². The number of aromatic hydroxyl groups is 2. The normalized spacial score (nSPS) is 10.1. The molecular weight excluding hydrogens is 270 g/mol. The quantitative estimate of drug-likeness (QED) is 0.737. The second-order valence-electron chi connectivity index (χ2n) is 4.51. The number of esters is 1. The van der Waals surface area contributed by atoms with E-state index in [1.807, 2.05) is 0 Å². The van der Waals surface area contributed by atoms with Crippen LogP contribution in [0.4, 0.5) is 5.69 Å². The maximum atomic E-state index is 11.5. The highest BCUT2D eigenvalue weighted by Crippen LogP contribution is 2.21. The molecule has 0 fully saturated rings. The van der Waals surface area contributed by atoms with Gasteiger partial charge in [0.15, 0.2) is 0 Å². The van der Waals surface area contributed by atoms with Crippen LogP contribution in [0.2, 0.25) is 0 Å². The van der Waals surface area contributed by atoms with Gasteiger partial charge in [-0.3, -0.25) is 0 Å². The first-order valence-corrected chi connectivity index (χ1v) is 6.61. The smallest absolute Gasteiger partial charge is 0.338 e. The number of carbonyl (C=O) groups is 1. The molecule has 0 aliphatic carbocycles. The van der Waals surface area contributed by atoms with Crippen LogP contribution >= 0.6 is 0 Å². The summed E-state index contributed by atoms with van der Waals surface area (Å²) in [4.78, 5) is 11.5. The highest BCUT2D eigenvalue weighted by Gasteiger charge is 2.05. The van der Waals surface area contributed by atoms with Crippen molar-refractivity contribution in [3.63, 3.8) is 0 Å². The zero-order chi connectivity index (χ0) is 15.2. The van der Waals surface area contributed by atoms with Crippen molar-refractivity contribution < 1.29 is 19.7 Å². The second kappa shape index (κ2) is 6.65. The molecule has 3 N–H and O–H groups in total. The van der Waals surface area contributed by atoms with Crippen molar-refractivity contribution >= 4 is 11.7 Å². The second-order valence-corrected chi connectivity index (χ2v) is 4.51. The summed E-state index contributed by atoms with van der Waals surface area (Å²) in [5.41, 5.74) is 2.07. The van der Waals surface area contributed by atoms with Crippen molar-refractivity contribution in [2.75, 3.05) is 11.9 Å². The summed E-state index contributed by atoms with van der Waals surface area (Å²) >= 11 is 0. The Morgan fingerprint density at radius 3 is 2.29 bits per heavy atom. The van der Waals surface area contributed by atoms with Crippen LogP contribution in [0.1, 0.15) is 22.8 Å². The Balaban J connectivity index is 1.99. The van der Waals surface area contributed by atoms with Crippen LogP contribution < -0.4 is 5.32 Å². The molecule has 110 valence electrons. The molecule has 5 nitrogen and oxygen atoms in total. The van der Waals surface area contributed by atoms with E-state index < -0.39 is 0 Å². The van der Waals surface area contributed by atoms with Crippen LogP contribution in [0.25, 0.3) is 0 Å². The lowest BCUT2D eigenvalue weighted by atomic mass is 10.1. The maximum absolute atomic E-state index is 11.5. The molecule has 2 rings (SSSR count). The largest absolute Gasteiger partial charge is 0.508 e. The molecule has 0 aliphatic rings. The zero-order valence-corrected chi connectivity index (χ0v) is 11.7. The molecule has 0 bridgehead atoms. The van der Waals surface area contributed by atoms with E-state index in [0.717, 1.165) is 11.3 Å². The summed E-state index contributed by atoms with van der Waals surface area (Å²) in [7, 11) is 0. The summed E-state index contributed by atoms with van der Waals surface area (Å²) in [6, 6.07) is 11.3. The molecule has 0 saturated carbocycles. The summed E-state index contributed by atoms with van der Waals surface area (Å²) < 4.78 is 4.91. The molecular formula is C16H17NO4. The van der Waals surface area contributed by atoms with E-state index in [-0.39, 0.29) is 17.5 Å². The number of hydrogen-bond acceptors (Lipinski definition) is 5. The Morgan fingerprint density at radius 1 is 1.10 bits per heavy atom. The SMILES string of the molecule is CCOC(=O)c1ccc(NCc2cc(O)cc(O)c2)cc1. The van der Waals surface area contributed by atoms with Gasteiger partial charge in [0.25, 0.3) is 0 Å². The lowest BCUT2D eigenvalue weighted by Gasteiger charge is -2.08. The van der Waals surface area contributed by atoms with Crippen molar-refractivity contribution in [3.05, 3.63) is 53.6 Å². The average molecular weight is 287 g/mol. The molecule has 0 radical (unpaired) electrons. The van der Waals surface area contributed by atoms with Crippen molar-refractivity contribution in [1.29, 1.82) is 0 Å². The fraction of sp³-hybridized carbons (Fsp3) is 0.188. The molecule has 0 aromatic heterocycles. The Kier molecular flexibility index (Phi) is 4.66. The van der Waals surface area contributed by atoms with Crippen LogP contribution in [0.15, 0.2) is 42.5 Å². The topological polar surface area (TPSA) is 78.8 Å². The van der Waals surface area contributed by atoms with E-state index in [1.165, 1.54) is 6.07 Å². The summed E-state index contributed by atoms with van der Waals surface area (Å²) in [5, 5.41) is 21.9. The Labute approximate surface area is 122 Å². The first-order valence-electron chi connectivity index (χ1n) is 6.61. The molecule has 0 atom stereocenters. The number of anilines is 1. The van der Waals surface area contributed by atoms with E-state index in [2.05, 4.69) is 5.32 Å². The number of benzene rings is 2. The number of hydrogen-bond donors (Lipinski definition) is 3. The number of nitrogens with one attached hydrogen (secondary N) is 1. The van der Waals surface area contributed by atoms with Crippen molar-refractivity contribution in [1.82, 2.24) is 0 Å². The Morgan fingerprint density at radius 2 is 1.71 bits per heavy atom. The third-order valence-corrected chi connectivity index (χ3v) is 2.85. The van der Waals surface area contributed by atoms with Crippen LogP contribution in [0, 0.1) is 0 Å². The minimum atomic E-state index is -0.345. The molecule has 5 heteroatoms. The number of rotatable bonds is 5. The molecule has 2 aromatic carbocycles. The fourth-order valence-electron chi connectivity index (χ4n) is 1.90. The number of ether oxygens (including phenoxy) is 1. The Hall–Kier alpha value is -2.69. The number of carbonyl (C=O) groups excluding carboxylic acids is 1. The predicted molar refractivity (Wildman–Crippen MR) is 79.5 cm³/mol. The van der Waals surface area contributed by atoms with Gasteiger partial charge in [0, 0.05) is 18.3 Å². The van der Waals surface area contributed by atoms with Gasteiger partial charge in [-0.25, -0.2) is 4.79 Å². The van der Waals surface area contributed by atoms with Crippen molar-refractivity contribution in [3.8, 4) is 11.5 Å². The zero-order valence-electron chi connectivity index (χ0n) is 11.7. The monoisotopic (exact) mass is 287 g/mol. The van der Waals surface area contributed by atoms with Gasteiger partial charge in [-0.1, -0.05) is 0 Å². The van der Waals surface area contributed by atoms with Gasteiger partial charge in [-0.2, -0.15) is 0 Å². The predicted octanol–water partition coefficient (Wildman–Crippen LogP) is 2.89. The summed E-state index contributed by atoms with van der Waals surface area (Å²) in [6.45, 7) is 2.55. The van der Waals surface area contributed by atoms with Crippen LogP contribution in [-0.2, 0) is 11.3 Å². The fourth-order valence-corrected chi connectivity index (χ4v) is 1.90. The molecule has 2 aromatic rings. The summed E-state index contributed by atoms with van der Waals surface area (Å²) in [5.74, 6) is -0.309. The third kappa shape index (κ3) is 4.14. The van der Waals surface area contributed by atoms with Crippen LogP contribution in [0.3, 0.4) is 0 Å². The maximum Gasteiger partial charge on any atom is 0.338 e. The first kappa shape index (κ1) is 14.7. The van der Waals surface area contributed by atoms with Crippen LogP contribution in [0.5, 0.6) is 11.5 Å². The van der Waals surface area contributed by atoms with Crippen molar-refractivity contribution in [2.45, 2.75) is 13.5 Å². The minimum absolute atomic E-state index is 0.0180. The van der Waals surface area contributed by atoms with E-state index in [9.17, 15) is 15.0 Å². The molecule has 0 aliphatic heterocycles. The number of phenols is 2. The van der Waals surface area contributed by atoms with Gasteiger partial charge in [0.05, 0.1) is 12.2 Å². The molecule has 0 spiro atoms. The average Bonchev–Trinajstić information content (AvgIpc) is 2.45. The highest BCUT2D eigenvalue weighted by atomic mass is 16.5. The minimum Gasteiger partial charge on any atom is -0.508 e. The molecule has 0 amide bonds. The van der Waals surface area contributed by atoms with Gasteiger partial charge in [0.2, 0.25) is 0 Å². The number of phenolic OH excluding ortho intramolecular Hbond substituents is 2. The Bertz CT molecular complexity index is 602. The van der Waals surface area contributed by atoms with Crippen molar-refractivity contribution in [2.24, 2.45) is 0 Å². The van der Waals surface area contributed by atoms with Crippen LogP contribution in [-0.4, -0.2) is 22.8 Å². The van der Waals surface area contributed by atoms with E-state index in [4.69, 9.17) is 4.74 Å². The molecule has 0 unspecified atom stereocenters. The van der Waals surface area contributed by atoms with E-state index in [1.54, 1.807) is 43.3 Å². The molecule has 21 heavy (non-hydrogen) atoms. The molecule has 0 saturated heterocycles. The molecule has 0 heterocycles. The van der Waals surface area contributed by atoms with E-state index in [0.29, 0.717) is 18.7 Å². The highest BCUT2D eigenvalue weighted by molar-refractivity contribution is 5.89. The van der Waals surface area contributed by atoms with Gasteiger partial charge < -0.3 is 20.3 Å². The third-order valence-electron chi connectivity index (χ3n) is 2.85. The lowest BCUT2D eigenvalue weighted by Crippen LogP contribution is -2.05. The summed E-state index contributed by atoms with van der Waals surface area (Å²) in [6.07, 6.45) is 0. The van der Waals surface area contributed by atoms with Gasteiger partial charge in [-0.05, 0) is 48.9 Å². The standard InChI is InChI=1S/C16H17NO4/c1-2-21-16(20)12-3-5-13(6-4-12)17-10-11-7-14(18)9-15(19)8-11/h3-9,17-19H,2,10H2,1H3. The van der Waals surface area contributed by atoms with Gasteiger partial charge >= 0.3 is 5.97 Å².